The molecule has 0 aliphatic heterocycles. The highest BCUT2D eigenvalue weighted by Gasteiger charge is 2.28. The lowest BCUT2D eigenvalue weighted by Gasteiger charge is -2.15. The van der Waals surface area contributed by atoms with E-state index in [9.17, 15) is 15.3 Å². The second-order valence-electron chi connectivity index (χ2n) is 8.41. The highest BCUT2D eigenvalue weighted by atomic mass is 32.1. The Hall–Kier alpha value is -3.92. The molecule has 1 aliphatic carbocycles. The summed E-state index contributed by atoms with van der Waals surface area (Å²) in [6.45, 7) is 3.89. The van der Waals surface area contributed by atoms with Gasteiger partial charge in [-0.2, -0.15) is 10.5 Å². The number of amides is 1. The minimum atomic E-state index is -0.407. The number of nitrogen functional groups attached to an aromatic ring is 2. The van der Waals surface area contributed by atoms with E-state index in [1.807, 2.05) is 26.0 Å². The number of hydrogen-bond donors (Lipinski definition) is 3. The fraction of sp³-hybridized carbons (Fsp3) is 0.200. The third kappa shape index (κ3) is 3.21. The van der Waals surface area contributed by atoms with Crippen molar-refractivity contribution >= 4 is 55.3 Å². The maximum Gasteiger partial charge on any atom is 0.268 e. The molecule has 0 atom stereocenters. The molecule has 3 heterocycles. The van der Waals surface area contributed by atoms with Crippen LogP contribution >= 0.6 is 22.7 Å². The molecule has 7 nitrogen and oxygen atoms in total. The number of hydrogen-bond acceptors (Lipinski definition) is 8. The maximum atomic E-state index is 13.3. The largest absolute Gasteiger partial charge is 0.397 e. The molecular weight excluding hydrogens is 464 g/mol. The second kappa shape index (κ2) is 8.14. The van der Waals surface area contributed by atoms with Crippen molar-refractivity contribution in [2.75, 3.05) is 16.8 Å². The van der Waals surface area contributed by atoms with Crippen molar-refractivity contribution in [1.82, 2.24) is 4.98 Å². The van der Waals surface area contributed by atoms with E-state index in [1.54, 1.807) is 0 Å². The van der Waals surface area contributed by atoms with Gasteiger partial charge in [0.1, 0.15) is 32.7 Å². The standard InChI is InChI=1S/C25H20N6OS2/c1-11(2)17-16(10-27)22(29)30-25-18(17)19(28)21(34-25)23(32)31-24-15(9-26)14-8-7-12-5-3-4-6-13(12)20(14)33-24/h3-6,11H,7-8,28H2,1-2H3,(H2,29,30)(H,31,32). The number of anilines is 3. The summed E-state index contributed by atoms with van der Waals surface area (Å²) >= 11 is 2.55. The number of nitrogens with zero attached hydrogens (tertiary/aromatic N) is 3. The minimum absolute atomic E-state index is 0.0375. The topological polar surface area (TPSA) is 142 Å². The molecule has 3 aromatic heterocycles. The van der Waals surface area contributed by atoms with E-state index in [1.165, 1.54) is 16.9 Å². The first-order chi connectivity index (χ1) is 16.3. The molecule has 34 heavy (non-hydrogen) atoms. The van der Waals surface area contributed by atoms with E-state index in [0.717, 1.165) is 40.2 Å². The molecule has 168 valence electrons. The number of pyridine rings is 1. The van der Waals surface area contributed by atoms with E-state index >= 15 is 0 Å². The van der Waals surface area contributed by atoms with Crippen LogP contribution in [0, 0.1) is 22.7 Å². The summed E-state index contributed by atoms with van der Waals surface area (Å²) in [5.41, 5.74) is 17.5. The molecule has 0 unspecified atom stereocenters. The van der Waals surface area contributed by atoms with E-state index in [2.05, 4.69) is 34.6 Å². The van der Waals surface area contributed by atoms with Crippen molar-refractivity contribution in [2.45, 2.75) is 32.6 Å². The number of benzene rings is 1. The van der Waals surface area contributed by atoms with Gasteiger partial charge in [0.15, 0.2) is 0 Å². The number of nitrogens with two attached hydrogens (primary N) is 2. The zero-order valence-electron chi connectivity index (χ0n) is 18.5. The van der Waals surface area contributed by atoms with Crippen molar-refractivity contribution < 1.29 is 4.79 Å². The first-order valence-corrected chi connectivity index (χ1v) is 12.4. The van der Waals surface area contributed by atoms with Crippen LogP contribution in [-0.4, -0.2) is 10.9 Å². The molecule has 9 heteroatoms. The van der Waals surface area contributed by atoms with E-state index in [-0.39, 0.29) is 27.9 Å². The number of carbonyl (C=O) groups is 1. The van der Waals surface area contributed by atoms with Gasteiger partial charge in [-0.25, -0.2) is 4.98 Å². The van der Waals surface area contributed by atoms with Crippen molar-refractivity contribution in [3.05, 3.63) is 57.0 Å². The molecular formula is C25H20N6OS2. The van der Waals surface area contributed by atoms with Gasteiger partial charge < -0.3 is 16.8 Å². The summed E-state index contributed by atoms with van der Waals surface area (Å²) in [7, 11) is 0. The number of rotatable bonds is 3. The van der Waals surface area contributed by atoms with Crippen LogP contribution < -0.4 is 16.8 Å². The summed E-state index contributed by atoms with van der Waals surface area (Å²) in [5, 5.41) is 23.5. The van der Waals surface area contributed by atoms with Crippen LogP contribution in [-0.2, 0) is 12.8 Å². The molecule has 4 aromatic rings. The Morgan fingerprint density at radius 2 is 1.85 bits per heavy atom. The van der Waals surface area contributed by atoms with Crippen LogP contribution in [0.15, 0.2) is 24.3 Å². The highest BCUT2D eigenvalue weighted by molar-refractivity contribution is 7.22. The lowest BCUT2D eigenvalue weighted by molar-refractivity contribution is 0.103. The average molecular weight is 485 g/mol. The van der Waals surface area contributed by atoms with Gasteiger partial charge in [0.05, 0.1) is 16.8 Å². The summed E-state index contributed by atoms with van der Waals surface area (Å²) < 4.78 is 0. The fourth-order valence-electron chi connectivity index (χ4n) is 4.57. The zero-order chi connectivity index (χ0) is 24.1. The van der Waals surface area contributed by atoms with Crippen LogP contribution in [0.2, 0.25) is 0 Å². The number of thiophene rings is 2. The summed E-state index contributed by atoms with van der Waals surface area (Å²) in [5.74, 6) is -0.316. The van der Waals surface area contributed by atoms with Crippen molar-refractivity contribution in [3.63, 3.8) is 0 Å². The number of carbonyl (C=O) groups excluding carboxylic acids is 1. The van der Waals surface area contributed by atoms with Crippen molar-refractivity contribution in [3.8, 4) is 22.6 Å². The summed E-state index contributed by atoms with van der Waals surface area (Å²) in [6.07, 6.45) is 1.61. The van der Waals surface area contributed by atoms with Gasteiger partial charge in [-0.15, -0.1) is 22.7 Å². The predicted molar refractivity (Wildman–Crippen MR) is 137 cm³/mol. The number of aryl methyl sites for hydroxylation is 1. The Balaban J connectivity index is 1.59. The first-order valence-electron chi connectivity index (χ1n) is 10.7. The van der Waals surface area contributed by atoms with E-state index in [0.29, 0.717) is 26.3 Å². The van der Waals surface area contributed by atoms with Crippen LogP contribution in [0.1, 0.15) is 57.3 Å². The molecule has 0 radical (unpaired) electrons. The number of nitriles is 2. The zero-order valence-corrected chi connectivity index (χ0v) is 20.2. The van der Waals surface area contributed by atoms with Crippen LogP contribution in [0.25, 0.3) is 20.7 Å². The molecule has 5 N–H and O–H groups in total. The minimum Gasteiger partial charge on any atom is -0.397 e. The van der Waals surface area contributed by atoms with Crippen LogP contribution in [0.3, 0.4) is 0 Å². The van der Waals surface area contributed by atoms with Crippen molar-refractivity contribution in [2.24, 2.45) is 0 Å². The van der Waals surface area contributed by atoms with Gasteiger partial charge in [0.2, 0.25) is 0 Å². The third-order valence-corrected chi connectivity index (χ3v) is 8.37. The number of aromatic nitrogens is 1. The van der Waals surface area contributed by atoms with Crippen LogP contribution in [0.5, 0.6) is 0 Å². The van der Waals surface area contributed by atoms with Crippen LogP contribution in [0.4, 0.5) is 16.5 Å². The highest BCUT2D eigenvalue weighted by Crippen LogP contribution is 2.46. The summed E-state index contributed by atoms with van der Waals surface area (Å²) in [4.78, 5) is 19.5. The van der Waals surface area contributed by atoms with E-state index < -0.39 is 5.91 Å². The molecule has 0 spiro atoms. The Bertz CT molecular complexity index is 1580. The SMILES string of the molecule is CC(C)c1c(C#N)c(N)nc2sc(C(=O)Nc3sc4c(c3C#N)CCc3ccccc3-4)c(N)c12. The Labute approximate surface area is 204 Å². The van der Waals surface area contributed by atoms with Gasteiger partial charge in [0, 0.05) is 10.3 Å². The van der Waals surface area contributed by atoms with Gasteiger partial charge in [-0.05, 0) is 41.0 Å². The van der Waals surface area contributed by atoms with Gasteiger partial charge in [-0.1, -0.05) is 38.1 Å². The second-order valence-corrected chi connectivity index (χ2v) is 10.4. The quantitative estimate of drug-likeness (QED) is 0.355. The average Bonchev–Trinajstić information content (AvgIpc) is 3.34. The Morgan fingerprint density at radius 1 is 1.12 bits per heavy atom. The lowest BCUT2D eigenvalue weighted by Crippen LogP contribution is -2.12. The molecule has 0 saturated carbocycles. The molecule has 1 aliphatic rings. The summed E-state index contributed by atoms with van der Waals surface area (Å²) in [6, 6.07) is 12.5. The maximum absolute atomic E-state index is 13.3. The molecule has 0 fully saturated rings. The molecule has 1 amide bonds. The van der Waals surface area contributed by atoms with Gasteiger partial charge in [-0.3, -0.25) is 4.79 Å². The Kier molecular flexibility index (Phi) is 5.24. The molecule has 0 saturated heterocycles. The molecule has 0 bridgehead atoms. The monoisotopic (exact) mass is 484 g/mol. The van der Waals surface area contributed by atoms with Gasteiger partial charge >= 0.3 is 0 Å². The smallest absolute Gasteiger partial charge is 0.268 e. The molecule has 1 aromatic carbocycles. The molecule has 5 rings (SSSR count). The third-order valence-electron chi connectivity index (χ3n) is 6.09. The number of fused-ring (bicyclic) bond motifs is 4. The van der Waals surface area contributed by atoms with Gasteiger partial charge in [0.25, 0.3) is 5.91 Å². The Morgan fingerprint density at radius 3 is 2.56 bits per heavy atom. The number of nitrogens with one attached hydrogen (secondary N) is 1. The van der Waals surface area contributed by atoms with Crippen molar-refractivity contribution in [1.29, 1.82) is 10.5 Å². The fourth-order valence-corrected chi connectivity index (χ4v) is 6.84. The first kappa shape index (κ1) is 21.9. The lowest BCUT2D eigenvalue weighted by atomic mass is 9.90. The van der Waals surface area contributed by atoms with E-state index in [4.69, 9.17) is 11.5 Å². The predicted octanol–water partition coefficient (Wildman–Crippen LogP) is 5.41. The normalized spacial score (nSPS) is 12.1.